The van der Waals surface area contributed by atoms with Crippen molar-refractivity contribution >= 4 is 29.1 Å². The summed E-state index contributed by atoms with van der Waals surface area (Å²) in [5, 5.41) is 5.35. The number of rotatable bonds is 5. The van der Waals surface area contributed by atoms with Gasteiger partial charge in [0, 0.05) is 18.8 Å². The van der Waals surface area contributed by atoms with E-state index >= 15 is 0 Å². The van der Waals surface area contributed by atoms with Crippen LogP contribution >= 0.6 is 11.6 Å². The van der Waals surface area contributed by atoms with E-state index in [4.69, 9.17) is 16.3 Å². The molecule has 110 valence electrons. The van der Waals surface area contributed by atoms with Crippen LogP contribution < -0.4 is 15.4 Å². The standard InChI is InChI=1S/C13H18ClN3O3/c1-17(2)7-6-15-12(18)13(19)16-9-4-5-11(20-3)10(14)8-9/h4-5,8H,6-7H2,1-3H3,(H,15,18)(H,16,19). The fourth-order valence-electron chi connectivity index (χ4n) is 1.41. The molecule has 6 nitrogen and oxygen atoms in total. The number of benzene rings is 1. The Morgan fingerprint density at radius 2 is 2.00 bits per heavy atom. The first kappa shape index (κ1) is 16.3. The Bertz CT molecular complexity index is 492. The molecule has 1 rings (SSSR count). The van der Waals surface area contributed by atoms with Gasteiger partial charge in [0.2, 0.25) is 0 Å². The predicted molar refractivity (Wildman–Crippen MR) is 78.2 cm³/mol. The Morgan fingerprint density at radius 1 is 1.30 bits per heavy atom. The average Bonchev–Trinajstić information content (AvgIpc) is 2.38. The Labute approximate surface area is 123 Å². The summed E-state index contributed by atoms with van der Waals surface area (Å²) in [5.41, 5.74) is 0.434. The first-order chi connectivity index (χ1) is 9.43. The summed E-state index contributed by atoms with van der Waals surface area (Å²) in [6.07, 6.45) is 0. The zero-order valence-corrected chi connectivity index (χ0v) is 12.5. The second-order valence-corrected chi connectivity index (χ2v) is 4.77. The lowest BCUT2D eigenvalue weighted by Crippen LogP contribution is -2.38. The number of halogens is 1. The first-order valence-corrected chi connectivity index (χ1v) is 6.39. The molecule has 0 aliphatic heterocycles. The molecular weight excluding hydrogens is 282 g/mol. The van der Waals surface area contributed by atoms with Gasteiger partial charge in [-0.1, -0.05) is 11.6 Å². The zero-order valence-electron chi connectivity index (χ0n) is 11.7. The van der Waals surface area contributed by atoms with Crippen LogP contribution in [0.15, 0.2) is 18.2 Å². The van der Waals surface area contributed by atoms with E-state index < -0.39 is 11.8 Å². The van der Waals surface area contributed by atoms with E-state index in [0.717, 1.165) is 0 Å². The molecule has 0 bridgehead atoms. The van der Waals surface area contributed by atoms with Gasteiger partial charge in [0.15, 0.2) is 0 Å². The number of hydrogen-bond acceptors (Lipinski definition) is 4. The van der Waals surface area contributed by atoms with Crippen molar-refractivity contribution < 1.29 is 14.3 Å². The summed E-state index contributed by atoms with van der Waals surface area (Å²) in [6.45, 7) is 1.07. The second kappa shape index (κ2) is 7.72. The van der Waals surface area contributed by atoms with Crippen molar-refractivity contribution in [2.24, 2.45) is 0 Å². The minimum atomic E-state index is -0.731. The smallest absolute Gasteiger partial charge is 0.313 e. The van der Waals surface area contributed by atoms with Crippen LogP contribution in [0.2, 0.25) is 5.02 Å². The molecule has 0 radical (unpaired) electrons. The minimum absolute atomic E-state index is 0.360. The molecule has 7 heteroatoms. The molecule has 2 N–H and O–H groups in total. The molecule has 0 atom stereocenters. The molecule has 20 heavy (non-hydrogen) atoms. The van der Waals surface area contributed by atoms with Crippen LogP contribution in [0.3, 0.4) is 0 Å². The molecule has 0 unspecified atom stereocenters. The normalized spacial score (nSPS) is 10.2. The molecule has 2 amide bonds. The largest absolute Gasteiger partial charge is 0.495 e. The third-order valence-corrected chi connectivity index (χ3v) is 2.76. The van der Waals surface area contributed by atoms with Gasteiger partial charge < -0.3 is 20.3 Å². The molecule has 1 aromatic rings. The summed E-state index contributed by atoms with van der Waals surface area (Å²) in [4.78, 5) is 25.1. The van der Waals surface area contributed by atoms with Gasteiger partial charge in [0.25, 0.3) is 0 Å². The summed E-state index contributed by atoms with van der Waals surface area (Å²) in [5.74, 6) is -0.913. The zero-order chi connectivity index (χ0) is 15.1. The number of likely N-dealkylation sites (N-methyl/N-ethyl adjacent to an activating group) is 1. The van der Waals surface area contributed by atoms with Gasteiger partial charge in [-0.25, -0.2) is 0 Å². The maximum Gasteiger partial charge on any atom is 0.313 e. The van der Waals surface area contributed by atoms with Crippen LogP contribution in [0.1, 0.15) is 0 Å². The summed E-state index contributed by atoms with van der Waals surface area (Å²) < 4.78 is 5.00. The highest BCUT2D eigenvalue weighted by molar-refractivity contribution is 6.40. The van der Waals surface area contributed by atoms with Crippen molar-refractivity contribution in [1.82, 2.24) is 10.2 Å². The number of nitrogens with one attached hydrogen (secondary N) is 2. The van der Waals surface area contributed by atoms with Gasteiger partial charge in [-0.15, -0.1) is 0 Å². The fraction of sp³-hybridized carbons (Fsp3) is 0.385. The van der Waals surface area contributed by atoms with Gasteiger partial charge in [-0.3, -0.25) is 9.59 Å². The molecule has 0 fully saturated rings. The molecule has 0 aromatic heterocycles. The first-order valence-electron chi connectivity index (χ1n) is 6.01. The quantitative estimate of drug-likeness (QED) is 0.795. The Balaban J connectivity index is 2.53. The third-order valence-electron chi connectivity index (χ3n) is 2.46. The Hall–Kier alpha value is -1.79. The number of nitrogens with zero attached hydrogens (tertiary/aromatic N) is 1. The van der Waals surface area contributed by atoms with Crippen molar-refractivity contribution in [1.29, 1.82) is 0 Å². The van der Waals surface area contributed by atoms with E-state index in [-0.39, 0.29) is 0 Å². The van der Waals surface area contributed by atoms with Crippen molar-refractivity contribution in [3.63, 3.8) is 0 Å². The number of hydrogen-bond donors (Lipinski definition) is 2. The van der Waals surface area contributed by atoms with Crippen molar-refractivity contribution in [3.05, 3.63) is 23.2 Å². The lowest BCUT2D eigenvalue weighted by molar-refractivity contribution is -0.136. The minimum Gasteiger partial charge on any atom is -0.495 e. The van der Waals surface area contributed by atoms with Gasteiger partial charge in [-0.05, 0) is 32.3 Å². The van der Waals surface area contributed by atoms with E-state index in [2.05, 4.69) is 10.6 Å². The van der Waals surface area contributed by atoms with Gasteiger partial charge >= 0.3 is 11.8 Å². The summed E-state index contributed by atoms with van der Waals surface area (Å²) in [7, 11) is 5.26. The van der Waals surface area contributed by atoms with Crippen LogP contribution in [0.25, 0.3) is 0 Å². The van der Waals surface area contributed by atoms with E-state index in [1.165, 1.54) is 13.2 Å². The highest BCUT2D eigenvalue weighted by Gasteiger charge is 2.13. The van der Waals surface area contributed by atoms with Crippen molar-refractivity contribution in [2.45, 2.75) is 0 Å². The van der Waals surface area contributed by atoms with Crippen LogP contribution in [-0.2, 0) is 9.59 Å². The lowest BCUT2D eigenvalue weighted by Gasteiger charge is -2.11. The maximum absolute atomic E-state index is 11.6. The second-order valence-electron chi connectivity index (χ2n) is 4.36. The molecule has 0 saturated carbocycles. The molecule has 0 heterocycles. The van der Waals surface area contributed by atoms with Crippen LogP contribution in [0, 0.1) is 0 Å². The lowest BCUT2D eigenvalue weighted by atomic mass is 10.3. The van der Waals surface area contributed by atoms with E-state index in [9.17, 15) is 9.59 Å². The summed E-state index contributed by atoms with van der Waals surface area (Å²) in [6, 6.07) is 4.74. The predicted octanol–water partition coefficient (Wildman–Crippen LogP) is 0.965. The van der Waals surface area contributed by atoms with Gasteiger partial charge in [0.1, 0.15) is 5.75 Å². The monoisotopic (exact) mass is 299 g/mol. The third kappa shape index (κ3) is 5.07. The molecule has 1 aromatic carbocycles. The molecule has 0 saturated heterocycles. The maximum atomic E-state index is 11.6. The van der Waals surface area contributed by atoms with Gasteiger partial charge in [-0.2, -0.15) is 0 Å². The number of methoxy groups -OCH3 is 1. The van der Waals surface area contributed by atoms with E-state index in [1.807, 2.05) is 19.0 Å². The topological polar surface area (TPSA) is 70.7 Å². The van der Waals surface area contributed by atoms with E-state index in [0.29, 0.717) is 29.5 Å². The Kier molecular flexibility index (Phi) is 6.27. The van der Waals surface area contributed by atoms with E-state index in [1.54, 1.807) is 12.1 Å². The Morgan fingerprint density at radius 3 is 2.55 bits per heavy atom. The SMILES string of the molecule is COc1ccc(NC(=O)C(=O)NCCN(C)C)cc1Cl. The summed E-state index contributed by atoms with van der Waals surface area (Å²) >= 11 is 5.93. The fourth-order valence-corrected chi connectivity index (χ4v) is 1.66. The number of anilines is 1. The number of carbonyl (C=O) groups excluding carboxylic acids is 2. The van der Waals surface area contributed by atoms with Crippen molar-refractivity contribution in [2.75, 3.05) is 39.6 Å². The molecule has 0 spiro atoms. The average molecular weight is 300 g/mol. The highest BCUT2D eigenvalue weighted by Crippen LogP contribution is 2.27. The number of carbonyl (C=O) groups is 2. The van der Waals surface area contributed by atoms with Gasteiger partial charge in [0.05, 0.1) is 12.1 Å². The molecule has 0 aliphatic rings. The number of amides is 2. The molecule has 0 aliphatic carbocycles. The van der Waals surface area contributed by atoms with Crippen LogP contribution in [-0.4, -0.2) is 51.0 Å². The molecular formula is C13H18ClN3O3. The van der Waals surface area contributed by atoms with Crippen molar-refractivity contribution in [3.8, 4) is 5.75 Å². The highest BCUT2D eigenvalue weighted by atomic mass is 35.5. The van der Waals surface area contributed by atoms with Crippen LogP contribution in [0.5, 0.6) is 5.75 Å². The number of ether oxygens (including phenoxy) is 1. The van der Waals surface area contributed by atoms with Crippen LogP contribution in [0.4, 0.5) is 5.69 Å².